The lowest BCUT2D eigenvalue weighted by molar-refractivity contribution is -0.134. The van der Waals surface area contributed by atoms with Crippen molar-refractivity contribution in [1.82, 2.24) is 14.7 Å². The Morgan fingerprint density at radius 1 is 1.31 bits per heavy atom. The van der Waals surface area contributed by atoms with E-state index in [4.69, 9.17) is 5.73 Å². The molecule has 2 amide bonds. The highest BCUT2D eigenvalue weighted by molar-refractivity contribution is 5.93. The van der Waals surface area contributed by atoms with Gasteiger partial charge in [0.25, 0.3) is 0 Å². The van der Waals surface area contributed by atoms with Crippen LogP contribution in [0.25, 0.3) is 0 Å². The summed E-state index contributed by atoms with van der Waals surface area (Å²) in [7, 11) is 0. The molecule has 0 aromatic carbocycles. The average Bonchev–Trinajstić information content (AvgIpc) is 3.01. The number of nitrogens with two attached hydrogens (primary N) is 1. The number of likely N-dealkylation sites (tertiary alicyclic amines) is 1. The van der Waals surface area contributed by atoms with E-state index >= 15 is 0 Å². The summed E-state index contributed by atoms with van der Waals surface area (Å²) in [6.07, 6.45) is 4.02. The molecule has 1 aromatic rings. The van der Waals surface area contributed by atoms with Crippen LogP contribution in [-0.2, 0) is 9.59 Å². The molecule has 1 aromatic heterocycles. The number of nitrogens with one attached hydrogen (secondary N) is 1. The Bertz CT molecular complexity index is 624. The first-order valence-corrected chi connectivity index (χ1v) is 9.49. The summed E-state index contributed by atoms with van der Waals surface area (Å²) in [6, 6.07) is 1.57. The highest BCUT2D eigenvalue weighted by atomic mass is 16.2. The third-order valence-electron chi connectivity index (χ3n) is 4.76. The fraction of sp³-hybridized carbons (Fsp3) is 0.737. The topological polar surface area (TPSA) is 93.2 Å². The van der Waals surface area contributed by atoms with Gasteiger partial charge in [-0.1, -0.05) is 34.6 Å². The van der Waals surface area contributed by atoms with Gasteiger partial charge >= 0.3 is 0 Å². The molecule has 0 bridgehead atoms. The standard InChI is InChI=1S/C19H33N5O2/c1-13(2)12-15(20)17(25)23-10-7-14(8-11-23)24-16(6-9-21-24)22-18(26)19(3,4)5/h6,9,13-15H,7-8,10-12,20H2,1-5H3,(H,22,26)/t15-/m1/s1. The van der Waals surface area contributed by atoms with E-state index in [0.29, 0.717) is 31.2 Å². The first-order valence-electron chi connectivity index (χ1n) is 9.49. The number of piperidine rings is 1. The van der Waals surface area contributed by atoms with Gasteiger partial charge in [-0.2, -0.15) is 5.10 Å². The molecule has 0 radical (unpaired) electrons. The lowest BCUT2D eigenvalue weighted by atomic mass is 9.96. The van der Waals surface area contributed by atoms with Crippen molar-refractivity contribution in [3.05, 3.63) is 12.3 Å². The summed E-state index contributed by atoms with van der Waals surface area (Å²) in [5.41, 5.74) is 5.58. The van der Waals surface area contributed by atoms with Crippen molar-refractivity contribution in [3.8, 4) is 0 Å². The smallest absolute Gasteiger partial charge is 0.239 e. The number of carbonyl (C=O) groups excluding carboxylic acids is 2. The van der Waals surface area contributed by atoms with E-state index in [1.54, 1.807) is 6.20 Å². The zero-order valence-electron chi connectivity index (χ0n) is 16.7. The summed E-state index contributed by atoms with van der Waals surface area (Å²) in [4.78, 5) is 26.6. The number of aromatic nitrogens is 2. The molecule has 2 heterocycles. The first kappa shape index (κ1) is 20.4. The average molecular weight is 364 g/mol. The van der Waals surface area contributed by atoms with Crippen LogP contribution in [-0.4, -0.2) is 45.6 Å². The van der Waals surface area contributed by atoms with E-state index < -0.39 is 11.5 Å². The molecular weight excluding hydrogens is 330 g/mol. The quantitative estimate of drug-likeness (QED) is 0.840. The predicted molar refractivity (Wildman–Crippen MR) is 103 cm³/mol. The minimum absolute atomic E-state index is 0.0356. The largest absolute Gasteiger partial charge is 0.341 e. The second kappa shape index (κ2) is 8.20. The third-order valence-corrected chi connectivity index (χ3v) is 4.76. The minimum atomic E-state index is -0.461. The van der Waals surface area contributed by atoms with Crippen LogP contribution in [0.2, 0.25) is 0 Å². The molecule has 0 aliphatic carbocycles. The maximum absolute atomic E-state index is 12.5. The van der Waals surface area contributed by atoms with Gasteiger partial charge in [-0.25, -0.2) is 4.68 Å². The maximum Gasteiger partial charge on any atom is 0.239 e. The zero-order chi connectivity index (χ0) is 19.5. The summed E-state index contributed by atoms with van der Waals surface area (Å²) in [6.45, 7) is 11.1. The van der Waals surface area contributed by atoms with E-state index in [-0.39, 0.29) is 17.9 Å². The normalized spacial score (nSPS) is 17.4. The number of hydrogen-bond acceptors (Lipinski definition) is 4. The fourth-order valence-electron chi connectivity index (χ4n) is 3.18. The van der Waals surface area contributed by atoms with Gasteiger partial charge in [0.15, 0.2) is 0 Å². The molecule has 1 atom stereocenters. The number of nitrogens with zero attached hydrogens (tertiary/aromatic N) is 3. The SMILES string of the molecule is CC(C)C[C@@H](N)C(=O)N1CCC(n2nccc2NC(=O)C(C)(C)C)CC1. The van der Waals surface area contributed by atoms with Gasteiger partial charge in [-0.15, -0.1) is 0 Å². The summed E-state index contributed by atoms with van der Waals surface area (Å²) >= 11 is 0. The van der Waals surface area contributed by atoms with E-state index in [9.17, 15) is 9.59 Å². The van der Waals surface area contributed by atoms with E-state index in [1.165, 1.54) is 0 Å². The number of carbonyl (C=O) groups is 2. The number of hydrogen-bond donors (Lipinski definition) is 2. The van der Waals surface area contributed by atoms with Crippen molar-refractivity contribution in [2.45, 2.75) is 66.0 Å². The molecule has 146 valence electrons. The molecule has 7 nitrogen and oxygen atoms in total. The molecule has 2 rings (SSSR count). The molecule has 0 unspecified atom stereocenters. The summed E-state index contributed by atoms with van der Waals surface area (Å²) in [5, 5.41) is 7.36. The Hall–Kier alpha value is -1.89. The Kier molecular flexibility index (Phi) is 6.44. The molecule has 0 spiro atoms. The van der Waals surface area contributed by atoms with Crippen LogP contribution in [0, 0.1) is 11.3 Å². The number of amides is 2. The van der Waals surface area contributed by atoms with E-state index in [1.807, 2.05) is 36.4 Å². The van der Waals surface area contributed by atoms with Crippen molar-refractivity contribution in [3.63, 3.8) is 0 Å². The van der Waals surface area contributed by atoms with Gasteiger partial charge in [0.2, 0.25) is 11.8 Å². The van der Waals surface area contributed by atoms with Crippen LogP contribution in [0.3, 0.4) is 0 Å². The third kappa shape index (κ3) is 5.06. The summed E-state index contributed by atoms with van der Waals surface area (Å²) in [5.74, 6) is 1.13. The maximum atomic E-state index is 12.5. The van der Waals surface area contributed by atoms with Crippen LogP contribution in [0.5, 0.6) is 0 Å². The minimum Gasteiger partial charge on any atom is -0.341 e. The van der Waals surface area contributed by atoms with Crippen molar-refractivity contribution in [1.29, 1.82) is 0 Å². The lowest BCUT2D eigenvalue weighted by Crippen LogP contribution is -2.47. The Labute approximate surface area is 156 Å². The highest BCUT2D eigenvalue weighted by Crippen LogP contribution is 2.27. The molecule has 7 heteroatoms. The lowest BCUT2D eigenvalue weighted by Gasteiger charge is -2.34. The van der Waals surface area contributed by atoms with Gasteiger partial charge in [0.05, 0.1) is 18.3 Å². The number of anilines is 1. The highest BCUT2D eigenvalue weighted by Gasteiger charge is 2.29. The van der Waals surface area contributed by atoms with Gasteiger partial charge in [-0.05, 0) is 25.2 Å². The van der Waals surface area contributed by atoms with Crippen LogP contribution < -0.4 is 11.1 Å². The Morgan fingerprint density at radius 3 is 2.46 bits per heavy atom. The predicted octanol–water partition coefficient (Wildman–Crippen LogP) is 2.40. The molecular formula is C19H33N5O2. The van der Waals surface area contributed by atoms with E-state index in [2.05, 4.69) is 24.3 Å². The van der Waals surface area contributed by atoms with Crippen LogP contribution >= 0.6 is 0 Å². The van der Waals surface area contributed by atoms with Gasteiger partial charge in [-0.3, -0.25) is 9.59 Å². The number of rotatable bonds is 5. The monoisotopic (exact) mass is 363 g/mol. The fourth-order valence-corrected chi connectivity index (χ4v) is 3.18. The molecule has 3 N–H and O–H groups in total. The van der Waals surface area contributed by atoms with Crippen molar-refractivity contribution in [2.24, 2.45) is 17.1 Å². The second-order valence-corrected chi connectivity index (χ2v) is 8.66. The van der Waals surface area contributed by atoms with Crippen molar-refractivity contribution >= 4 is 17.6 Å². The molecule has 1 aliphatic heterocycles. The molecule has 0 saturated carbocycles. The molecule has 1 fully saturated rings. The van der Waals surface area contributed by atoms with Gasteiger partial charge < -0.3 is 16.0 Å². The van der Waals surface area contributed by atoms with Crippen LogP contribution in [0.15, 0.2) is 12.3 Å². The van der Waals surface area contributed by atoms with Crippen molar-refractivity contribution < 1.29 is 9.59 Å². The molecule has 1 saturated heterocycles. The van der Waals surface area contributed by atoms with Gasteiger partial charge in [0.1, 0.15) is 5.82 Å². The van der Waals surface area contributed by atoms with Crippen LogP contribution in [0.4, 0.5) is 5.82 Å². The summed E-state index contributed by atoms with van der Waals surface area (Å²) < 4.78 is 1.87. The van der Waals surface area contributed by atoms with Crippen LogP contribution in [0.1, 0.15) is 59.9 Å². The van der Waals surface area contributed by atoms with Gasteiger partial charge in [0, 0.05) is 24.6 Å². The van der Waals surface area contributed by atoms with Crippen molar-refractivity contribution in [2.75, 3.05) is 18.4 Å². The first-order chi connectivity index (χ1) is 12.1. The Balaban J connectivity index is 1.96. The Morgan fingerprint density at radius 2 is 1.92 bits per heavy atom. The molecule has 26 heavy (non-hydrogen) atoms. The van der Waals surface area contributed by atoms with E-state index in [0.717, 1.165) is 12.8 Å². The molecule has 1 aliphatic rings. The second-order valence-electron chi connectivity index (χ2n) is 8.66. The zero-order valence-corrected chi connectivity index (χ0v) is 16.7.